The van der Waals surface area contributed by atoms with Crippen LogP contribution in [0.2, 0.25) is 0 Å². The molecule has 0 unspecified atom stereocenters. The third-order valence-electron chi connectivity index (χ3n) is 3.50. The van der Waals surface area contributed by atoms with E-state index in [2.05, 4.69) is 36.0 Å². The third-order valence-corrected chi connectivity index (χ3v) is 3.50. The van der Waals surface area contributed by atoms with Gasteiger partial charge in [0.1, 0.15) is 0 Å². The molecule has 0 saturated heterocycles. The van der Waals surface area contributed by atoms with Crippen molar-refractivity contribution < 1.29 is 16.4 Å². The highest BCUT2D eigenvalue weighted by Crippen LogP contribution is 2.08. The Morgan fingerprint density at radius 3 is 2.27 bits per heavy atom. The molecule has 0 radical (unpaired) electrons. The second kappa shape index (κ2) is 18.0. The number of hydrogen-bond donors (Lipinski definition) is 0. The lowest BCUT2D eigenvalue weighted by Crippen LogP contribution is -2.03. The van der Waals surface area contributed by atoms with E-state index in [1.807, 2.05) is 0 Å². The standard InChI is InChI=1S/C20H36O2/c1-3-5-6-7-8-9-10-11-12-13-14-15-16-17-18-19-20(21)22-4-2/h8-9,11-12H,3-7,10,13-19H2,1-2H3/b9-8+,12-11+/i2D3,4D2. The Morgan fingerprint density at radius 1 is 0.955 bits per heavy atom. The van der Waals surface area contributed by atoms with E-state index in [-0.39, 0.29) is 6.42 Å². The topological polar surface area (TPSA) is 26.3 Å². The van der Waals surface area contributed by atoms with Crippen LogP contribution in [0.3, 0.4) is 0 Å². The molecule has 0 spiro atoms. The van der Waals surface area contributed by atoms with Gasteiger partial charge in [-0.15, -0.1) is 0 Å². The number of allylic oxidation sites excluding steroid dienone is 4. The van der Waals surface area contributed by atoms with E-state index in [0.29, 0.717) is 6.42 Å². The first-order chi connectivity index (χ1) is 12.7. The molecule has 0 atom stereocenters. The van der Waals surface area contributed by atoms with Crippen molar-refractivity contribution in [1.82, 2.24) is 0 Å². The number of unbranched alkanes of at least 4 members (excludes halogenated alkanes) is 8. The Kier molecular flexibility index (Phi) is 11.0. The van der Waals surface area contributed by atoms with Gasteiger partial charge in [-0.25, -0.2) is 0 Å². The second-order valence-corrected chi connectivity index (χ2v) is 5.56. The minimum atomic E-state index is -2.96. The number of hydrogen-bond acceptors (Lipinski definition) is 2. The molecule has 0 fully saturated rings. The van der Waals surface area contributed by atoms with Gasteiger partial charge in [-0.1, -0.05) is 63.3 Å². The van der Waals surface area contributed by atoms with E-state index in [1.165, 1.54) is 25.7 Å². The lowest BCUT2D eigenvalue weighted by Gasteiger charge is -2.01. The van der Waals surface area contributed by atoms with Crippen molar-refractivity contribution in [2.24, 2.45) is 0 Å². The second-order valence-electron chi connectivity index (χ2n) is 5.56. The molecule has 0 aromatic rings. The molecular weight excluding hydrogens is 272 g/mol. The smallest absolute Gasteiger partial charge is 0.305 e. The molecule has 2 heteroatoms. The summed E-state index contributed by atoms with van der Waals surface area (Å²) >= 11 is 0. The normalized spacial score (nSPS) is 16.1. The summed E-state index contributed by atoms with van der Waals surface area (Å²) < 4.78 is 39.9. The first kappa shape index (κ1) is 13.4. The molecule has 0 aromatic carbocycles. The average Bonchev–Trinajstić information content (AvgIpc) is 2.57. The van der Waals surface area contributed by atoms with E-state index in [0.717, 1.165) is 38.5 Å². The first-order valence-corrected chi connectivity index (χ1v) is 8.72. The van der Waals surface area contributed by atoms with Crippen LogP contribution in [0.15, 0.2) is 24.3 Å². The van der Waals surface area contributed by atoms with Gasteiger partial charge in [0, 0.05) is 10.5 Å². The molecular formula is C20H36O2. The summed E-state index contributed by atoms with van der Waals surface area (Å²) in [6.07, 6.45) is 20.7. The molecule has 0 saturated carbocycles. The summed E-state index contributed by atoms with van der Waals surface area (Å²) in [5.74, 6) is -0.790. The molecule has 0 N–H and O–H groups in total. The van der Waals surface area contributed by atoms with Gasteiger partial charge in [0.05, 0.1) is 9.30 Å². The third kappa shape index (κ3) is 17.0. The predicted octanol–water partition coefficient (Wildman–Crippen LogP) is 6.36. The van der Waals surface area contributed by atoms with Crippen molar-refractivity contribution in [2.45, 2.75) is 90.8 Å². The fourth-order valence-electron chi connectivity index (χ4n) is 2.19. The Balaban J connectivity index is 3.54. The van der Waals surface area contributed by atoms with E-state index < -0.39 is 19.4 Å². The molecule has 0 heterocycles. The van der Waals surface area contributed by atoms with Crippen molar-refractivity contribution in [1.29, 1.82) is 0 Å². The Morgan fingerprint density at radius 2 is 1.59 bits per heavy atom. The molecule has 2 nitrogen and oxygen atoms in total. The van der Waals surface area contributed by atoms with Crippen LogP contribution in [0.4, 0.5) is 0 Å². The van der Waals surface area contributed by atoms with E-state index >= 15 is 0 Å². The van der Waals surface area contributed by atoms with Gasteiger partial charge in [0.15, 0.2) is 0 Å². The molecule has 0 rings (SSSR count). The van der Waals surface area contributed by atoms with Crippen LogP contribution in [-0.4, -0.2) is 12.5 Å². The van der Waals surface area contributed by atoms with Gasteiger partial charge in [-0.2, -0.15) is 0 Å². The zero-order valence-electron chi connectivity index (χ0n) is 19.1. The van der Waals surface area contributed by atoms with Gasteiger partial charge < -0.3 is 4.74 Å². The molecule has 0 bridgehead atoms. The zero-order valence-corrected chi connectivity index (χ0v) is 14.1. The maximum Gasteiger partial charge on any atom is 0.305 e. The van der Waals surface area contributed by atoms with Crippen LogP contribution in [0.5, 0.6) is 0 Å². The van der Waals surface area contributed by atoms with Crippen LogP contribution in [-0.2, 0) is 9.53 Å². The molecule has 22 heavy (non-hydrogen) atoms. The van der Waals surface area contributed by atoms with Crippen LogP contribution >= 0.6 is 0 Å². The SMILES string of the molecule is [2H]C([2H])([2H])C([2H])([2H])OC(=O)CCCCCCC/C=C/C/C=C/CCCCC. The summed E-state index contributed by atoms with van der Waals surface area (Å²) in [5, 5.41) is 0. The highest BCUT2D eigenvalue weighted by Gasteiger charge is 2.00. The minimum absolute atomic E-state index is 0.0556. The molecule has 0 aromatic heterocycles. The summed E-state index contributed by atoms with van der Waals surface area (Å²) in [4.78, 5) is 11.5. The van der Waals surface area contributed by atoms with Crippen LogP contribution < -0.4 is 0 Å². The Hall–Kier alpha value is -1.05. The van der Waals surface area contributed by atoms with E-state index in [4.69, 9.17) is 6.85 Å². The van der Waals surface area contributed by atoms with E-state index in [1.54, 1.807) is 0 Å². The molecule has 0 aliphatic heterocycles. The zero-order chi connectivity index (χ0) is 20.6. The van der Waals surface area contributed by atoms with Crippen molar-refractivity contribution in [3.05, 3.63) is 24.3 Å². The fraction of sp³-hybridized carbons (Fsp3) is 0.750. The Labute approximate surface area is 145 Å². The molecule has 0 amide bonds. The Bertz CT molecular complexity index is 442. The van der Waals surface area contributed by atoms with Gasteiger partial charge in [-0.3, -0.25) is 4.79 Å². The van der Waals surface area contributed by atoms with Crippen molar-refractivity contribution >= 4 is 5.97 Å². The van der Waals surface area contributed by atoms with Gasteiger partial charge >= 0.3 is 5.97 Å². The summed E-state index contributed by atoms with van der Waals surface area (Å²) in [7, 11) is 0. The van der Waals surface area contributed by atoms with Crippen molar-refractivity contribution in [2.75, 3.05) is 6.56 Å². The van der Waals surface area contributed by atoms with Gasteiger partial charge in [0.25, 0.3) is 0 Å². The van der Waals surface area contributed by atoms with Gasteiger partial charge in [0.2, 0.25) is 0 Å². The monoisotopic (exact) mass is 313 g/mol. The number of carbonyl (C=O) groups is 1. The highest BCUT2D eigenvalue weighted by molar-refractivity contribution is 5.69. The van der Waals surface area contributed by atoms with Crippen molar-refractivity contribution in [3.63, 3.8) is 0 Å². The first-order valence-electron chi connectivity index (χ1n) is 11.2. The number of carbonyl (C=O) groups excluding carboxylic acids is 1. The average molecular weight is 314 g/mol. The maximum atomic E-state index is 11.5. The van der Waals surface area contributed by atoms with Crippen molar-refractivity contribution in [3.8, 4) is 0 Å². The van der Waals surface area contributed by atoms with Gasteiger partial charge in [-0.05, 0) is 45.4 Å². The van der Waals surface area contributed by atoms with Crippen LogP contribution in [0.1, 0.15) is 97.7 Å². The number of ether oxygens (including phenoxy) is 1. The molecule has 128 valence electrons. The summed E-state index contributed by atoms with van der Waals surface area (Å²) in [6, 6.07) is 0. The predicted molar refractivity (Wildman–Crippen MR) is 96.0 cm³/mol. The van der Waals surface area contributed by atoms with E-state index in [9.17, 15) is 4.79 Å². The quantitative estimate of drug-likeness (QED) is 0.200. The maximum absolute atomic E-state index is 11.5. The number of rotatable bonds is 15. The number of esters is 1. The summed E-state index contributed by atoms with van der Waals surface area (Å²) in [6.45, 7) is -3.66. The lowest BCUT2D eigenvalue weighted by molar-refractivity contribution is -0.143. The van der Waals surface area contributed by atoms with Crippen LogP contribution in [0, 0.1) is 0 Å². The highest BCUT2D eigenvalue weighted by atomic mass is 16.5. The summed E-state index contributed by atoms with van der Waals surface area (Å²) in [5.41, 5.74) is 0. The minimum Gasteiger partial charge on any atom is -0.466 e. The van der Waals surface area contributed by atoms with Crippen LogP contribution in [0.25, 0.3) is 0 Å². The molecule has 0 aliphatic rings. The lowest BCUT2D eigenvalue weighted by atomic mass is 10.1. The molecule has 0 aliphatic carbocycles. The fourth-order valence-corrected chi connectivity index (χ4v) is 2.19. The largest absolute Gasteiger partial charge is 0.466 e.